The number of hydrogen-bond acceptors (Lipinski definition) is 4. The molecule has 1 N–H and O–H groups in total. The maximum atomic E-state index is 13.7. The number of amides is 1. The topological polar surface area (TPSA) is 75.7 Å². The van der Waals surface area contributed by atoms with Crippen LogP contribution in [-0.4, -0.2) is 27.5 Å². The predicted octanol–water partition coefficient (Wildman–Crippen LogP) is 5.08. The quantitative estimate of drug-likeness (QED) is 0.463. The number of aryl methyl sites for hydroxylation is 3. The molecule has 6 nitrogen and oxygen atoms in total. The average Bonchev–Trinajstić information content (AvgIpc) is 2.78. The Bertz CT molecular complexity index is 1250. The van der Waals surface area contributed by atoms with Crippen LogP contribution in [0, 0.1) is 20.8 Å². The second-order valence-electron chi connectivity index (χ2n) is 8.37. The number of nitrogens with one attached hydrogen (secondary N) is 1. The highest BCUT2D eigenvalue weighted by molar-refractivity contribution is 7.92. The molecule has 3 aromatic rings. The van der Waals surface area contributed by atoms with Crippen molar-refractivity contribution in [1.82, 2.24) is 5.32 Å². The molecule has 7 heteroatoms. The molecule has 1 atom stereocenters. The molecule has 34 heavy (non-hydrogen) atoms. The van der Waals surface area contributed by atoms with Gasteiger partial charge in [-0.3, -0.25) is 9.10 Å². The Labute approximate surface area is 202 Å². The van der Waals surface area contributed by atoms with Gasteiger partial charge in [0.05, 0.1) is 23.2 Å². The summed E-state index contributed by atoms with van der Waals surface area (Å²) in [5.74, 6) is -0.00891. The molecule has 0 aliphatic rings. The summed E-state index contributed by atoms with van der Waals surface area (Å²) in [6, 6.07) is 19.2. The van der Waals surface area contributed by atoms with E-state index in [9.17, 15) is 13.2 Å². The van der Waals surface area contributed by atoms with Gasteiger partial charge in [-0.1, -0.05) is 53.6 Å². The zero-order valence-electron chi connectivity index (χ0n) is 20.3. The SMILES string of the molecule is CCOc1ccccc1N(CC(=O)N[C@H](C)c1ccc(C)cc1C)S(=O)(=O)c1ccc(C)cc1. The maximum absolute atomic E-state index is 13.7. The molecular weight excluding hydrogens is 448 g/mol. The van der Waals surface area contributed by atoms with E-state index in [1.165, 1.54) is 0 Å². The molecule has 1 amide bonds. The fourth-order valence-electron chi connectivity index (χ4n) is 3.88. The fourth-order valence-corrected chi connectivity index (χ4v) is 5.32. The Hall–Kier alpha value is -3.32. The molecule has 3 aromatic carbocycles. The van der Waals surface area contributed by atoms with Crippen LogP contribution in [0.1, 0.15) is 42.1 Å². The van der Waals surface area contributed by atoms with Gasteiger partial charge in [0.2, 0.25) is 5.91 Å². The molecule has 0 saturated heterocycles. The van der Waals surface area contributed by atoms with Crippen LogP contribution in [0.25, 0.3) is 0 Å². The summed E-state index contributed by atoms with van der Waals surface area (Å²) in [6.07, 6.45) is 0. The van der Waals surface area contributed by atoms with Gasteiger partial charge in [-0.05, 0) is 70.0 Å². The summed E-state index contributed by atoms with van der Waals surface area (Å²) in [5, 5.41) is 2.95. The predicted molar refractivity (Wildman–Crippen MR) is 136 cm³/mol. The molecule has 180 valence electrons. The third-order valence-corrected chi connectivity index (χ3v) is 7.37. The van der Waals surface area contributed by atoms with Crippen molar-refractivity contribution in [2.45, 2.75) is 45.6 Å². The van der Waals surface area contributed by atoms with E-state index in [1.54, 1.807) is 48.5 Å². The van der Waals surface area contributed by atoms with E-state index >= 15 is 0 Å². The third-order valence-electron chi connectivity index (χ3n) is 5.60. The molecule has 0 spiro atoms. The Morgan fingerprint density at radius 3 is 2.26 bits per heavy atom. The molecule has 0 saturated carbocycles. The van der Waals surface area contributed by atoms with Crippen molar-refractivity contribution in [2.24, 2.45) is 0 Å². The molecule has 0 unspecified atom stereocenters. The van der Waals surface area contributed by atoms with Crippen molar-refractivity contribution in [3.8, 4) is 5.75 Å². The van der Waals surface area contributed by atoms with Gasteiger partial charge >= 0.3 is 0 Å². The van der Waals surface area contributed by atoms with E-state index in [2.05, 4.69) is 11.4 Å². The van der Waals surface area contributed by atoms with E-state index in [1.807, 2.05) is 46.8 Å². The summed E-state index contributed by atoms with van der Waals surface area (Å²) in [5.41, 5.74) is 4.46. The highest BCUT2D eigenvalue weighted by Crippen LogP contribution is 2.32. The van der Waals surface area contributed by atoms with Crippen LogP contribution in [0.5, 0.6) is 5.75 Å². The zero-order chi connectivity index (χ0) is 24.9. The first-order valence-electron chi connectivity index (χ1n) is 11.3. The molecule has 0 radical (unpaired) electrons. The normalized spacial score (nSPS) is 12.1. The number of anilines is 1. The number of rotatable bonds is 9. The second kappa shape index (κ2) is 10.7. The van der Waals surface area contributed by atoms with E-state index in [0.717, 1.165) is 26.6 Å². The largest absolute Gasteiger partial charge is 0.492 e. The van der Waals surface area contributed by atoms with E-state index in [0.29, 0.717) is 18.0 Å². The molecule has 0 aliphatic carbocycles. The van der Waals surface area contributed by atoms with Crippen LogP contribution in [-0.2, 0) is 14.8 Å². The summed E-state index contributed by atoms with van der Waals surface area (Å²) in [6.45, 7) is 9.61. The minimum Gasteiger partial charge on any atom is -0.492 e. The first kappa shape index (κ1) is 25.3. The van der Waals surface area contributed by atoms with Crippen LogP contribution >= 0.6 is 0 Å². The molecule has 0 bridgehead atoms. The number of carbonyl (C=O) groups excluding carboxylic acids is 1. The number of hydrogen-bond donors (Lipinski definition) is 1. The Morgan fingerprint density at radius 1 is 0.971 bits per heavy atom. The molecule has 0 aromatic heterocycles. The first-order chi connectivity index (χ1) is 16.1. The number of carbonyl (C=O) groups is 1. The fraction of sp³-hybridized carbons (Fsp3) is 0.296. The van der Waals surface area contributed by atoms with Gasteiger partial charge in [0.1, 0.15) is 12.3 Å². The van der Waals surface area contributed by atoms with Gasteiger partial charge < -0.3 is 10.1 Å². The summed E-state index contributed by atoms with van der Waals surface area (Å²) in [4.78, 5) is 13.2. The number of benzene rings is 3. The number of ether oxygens (including phenoxy) is 1. The lowest BCUT2D eigenvalue weighted by Crippen LogP contribution is -2.41. The van der Waals surface area contributed by atoms with Gasteiger partial charge in [0.25, 0.3) is 10.0 Å². The Kier molecular flexibility index (Phi) is 7.99. The van der Waals surface area contributed by atoms with Gasteiger partial charge in [0, 0.05) is 0 Å². The lowest BCUT2D eigenvalue weighted by Gasteiger charge is -2.27. The van der Waals surface area contributed by atoms with E-state index in [-0.39, 0.29) is 17.5 Å². The number of para-hydroxylation sites is 2. The molecule has 0 heterocycles. The minimum atomic E-state index is -4.03. The van der Waals surface area contributed by atoms with Crippen molar-refractivity contribution < 1.29 is 17.9 Å². The number of nitrogens with zero attached hydrogens (tertiary/aromatic N) is 1. The van der Waals surface area contributed by atoms with Crippen molar-refractivity contribution >= 4 is 21.6 Å². The first-order valence-corrected chi connectivity index (χ1v) is 12.7. The molecule has 3 rings (SSSR count). The summed E-state index contributed by atoms with van der Waals surface area (Å²) >= 11 is 0. The monoisotopic (exact) mass is 480 g/mol. The molecular formula is C27H32N2O4S. The van der Waals surface area contributed by atoms with E-state index < -0.39 is 15.9 Å². The Balaban J connectivity index is 1.95. The van der Waals surface area contributed by atoms with Crippen LogP contribution in [0.2, 0.25) is 0 Å². The van der Waals surface area contributed by atoms with E-state index in [4.69, 9.17) is 4.74 Å². The highest BCUT2D eigenvalue weighted by Gasteiger charge is 2.30. The van der Waals surface area contributed by atoms with Gasteiger partial charge in [0.15, 0.2) is 0 Å². The summed E-state index contributed by atoms with van der Waals surface area (Å²) in [7, 11) is -4.03. The highest BCUT2D eigenvalue weighted by atomic mass is 32.2. The van der Waals surface area contributed by atoms with Crippen LogP contribution in [0.15, 0.2) is 71.6 Å². The van der Waals surface area contributed by atoms with Crippen LogP contribution in [0.3, 0.4) is 0 Å². The third kappa shape index (κ3) is 5.78. The van der Waals surface area contributed by atoms with Gasteiger partial charge in [-0.15, -0.1) is 0 Å². The lowest BCUT2D eigenvalue weighted by atomic mass is 10.0. The Morgan fingerprint density at radius 2 is 1.62 bits per heavy atom. The minimum absolute atomic E-state index is 0.111. The van der Waals surface area contributed by atoms with Gasteiger partial charge in [-0.2, -0.15) is 0 Å². The number of sulfonamides is 1. The standard InChI is InChI=1S/C27H32N2O4S/c1-6-33-26-10-8-7-9-25(26)29(34(31,32)23-14-11-19(2)12-15-23)18-27(30)28-22(5)24-16-13-20(3)17-21(24)4/h7-17,22H,6,18H2,1-5H3,(H,28,30)/t22-/m1/s1. The van der Waals surface area contributed by atoms with Crippen LogP contribution < -0.4 is 14.4 Å². The van der Waals surface area contributed by atoms with Crippen molar-refractivity contribution in [3.63, 3.8) is 0 Å². The molecule has 0 aliphatic heterocycles. The van der Waals surface area contributed by atoms with Gasteiger partial charge in [-0.25, -0.2) is 8.42 Å². The van der Waals surface area contributed by atoms with Crippen molar-refractivity contribution in [2.75, 3.05) is 17.5 Å². The smallest absolute Gasteiger partial charge is 0.264 e. The summed E-state index contributed by atoms with van der Waals surface area (Å²) < 4.78 is 34.2. The molecule has 0 fully saturated rings. The van der Waals surface area contributed by atoms with Crippen molar-refractivity contribution in [1.29, 1.82) is 0 Å². The van der Waals surface area contributed by atoms with Crippen LogP contribution in [0.4, 0.5) is 5.69 Å². The maximum Gasteiger partial charge on any atom is 0.264 e. The lowest BCUT2D eigenvalue weighted by molar-refractivity contribution is -0.120. The second-order valence-corrected chi connectivity index (χ2v) is 10.2. The zero-order valence-corrected chi connectivity index (χ0v) is 21.1. The van der Waals surface area contributed by atoms with Crippen molar-refractivity contribution in [3.05, 3.63) is 89.0 Å². The average molecular weight is 481 g/mol.